The highest BCUT2D eigenvalue weighted by atomic mass is 32.2. The van der Waals surface area contributed by atoms with E-state index < -0.39 is 11.3 Å². The first kappa shape index (κ1) is 23.7. The van der Waals surface area contributed by atoms with Crippen LogP contribution in [-0.2, 0) is 9.59 Å². The summed E-state index contributed by atoms with van der Waals surface area (Å²) < 4.78 is 0. The first-order valence-electron chi connectivity index (χ1n) is 11.6. The smallest absolute Gasteiger partial charge is 0.268 e. The van der Waals surface area contributed by atoms with Gasteiger partial charge >= 0.3 is 0 Å². The summed E-state index contributed by atoms with van der Waals surface area (Å²) in [6.45, 7) is -0.121. The lowest BCUT2D eigenvalue weighted by atomic mass is 10.0. The molecule has 4 aromatic rings. The van der Waals surface area contributed by atoms with Crippen LogP contribution in [0.2, 0.25) is 0 Å². The fraction of sp³-hybridized carbons (Fsp3) is 0.179. The monoisotopic (exact) mass is 498 g/mol. The van der Waals surface area contributed by atoms with Gasteiger partial charge < -0.3 is 20.1 Å². The van der Waals surface area contributed by atoms with Gasteiger partial charge in [0.25, 0.3) is 11.8 Å². The minimum absolute atomic E-state index is 0.121. The molecule has 1 aliphatic rings. The number of amides is 3. The van der Waals surface area contributed by atoms with Gasteiger partial charge in [0.2, 0.25) is 5.91 Å². The molecule has 2 atom stereocenters. The number of fused-ring (bicyclic) bond motifs is 2. The van der Waals surface area contributed by atoms with Crippen molar-refractivity contribution in [3.8, 4) is 0 Å². The molecule has 0 aliphatic carbocycles. The van der Waals surface area contributed by atoms with Gasteiger partial charge in [-0.05, 0) is 29.8 Å². The van der Waals surface area contributed by atoms with Crippen molar-refractivity contribution in [3.05, 3.63) is 96.2 Å². The number of hydrogen-bond acceptors (Lipinski definition) is 4. The Balaban J connectivity index is 1.56. The second kappa shape index (κ2) is 9.91. The number of thioether (sulfide) groups is 1. The third-order valence-corrected chi connectivity index (χ3v) is 7.62. The Morgan fingerprint density at radius 1 is 0.972 bits per heavy atom. The number of hydrogen-bond donors (Lipinski definition) is 2. The van der Waals surface area contributed by atoms with Crippen molar-refractivity contribution in [1.29, 1.82) is 0 Å². The number of nitrogens with zero attached hydrogens (tertiary/aromatic N) is 2. The fourth-order valence-corrected chi connectivity index (χ4v) is 5.64. The topological polar surface area (TPSA) is 85.5 Å². The number of likely N-dealkylation sites (N-methyl/N-ethyl adjacent to an activating group) is 1. The Morgan fingerprint density at radius 2 is 1.67 bits per heavy atom. The number of carbonyl (C=O) groups excluding carboxylic acids is 3. The van der Waals surface area contributed by atoms with Crippen molar-refractivity contribution in [1.82, 2.24) is 15.2 Å². The van der Waals surface area contributed by atoms with E-state index in [4.69, 9.17) is 0 Å². The number of carbonyl (C=O) groups is 3. The predicted molar refractivity (Wildman–Crippen MR) is 142 cm³/mol. The van der Waals surface area contributed by atoms with Crippen LogP contribution in [0.25, 0.3) is 10.9 Å². The lowest BCUT2D eigenvalue weighted by Gasteiger charge is -2.29. The number of anilines is 1. The van der Waals surface area contributed by atoms with Crippen molar-refractivity contribution >= 4 is 46.1 Å². The Bertz CT molecular complexity index is 1400. The highest BCUT2D eigenvalue weighted by Crippen LogP contribution is 2.45. The van der Waals surface area contributed by atoms with E-state index in [2.05, 4.69) is 10.3 Å². The van der Waals surface area contributed by atoms with Gasteiger partial charge in [0.05, 0.1) is 10.9 Å². The number of H-pyrrole nitrogens is 1. The lowest BCUT2D eigenvalue weighted by Crippen LogP contribution is -2.52. The summed E-state index contributed by atoms with van der Waals surface area (Å²) in [5, 5.41) is 3.51. The van der Waals surface area contributed by atoms with Crippen LogP contribution in [0, 0.1) is 0 Å². The fourth-order valence-electron chi connectivity index (χ4n) is 4.30. The number of para-hydroxylation sites is 2. The van der Waals surface area contributed by atoms with Crippen LogP contribution in [0.15, 0.2) is 89.8 Å². The van der Waals surface area contributed by atoms with Gasteiger partial charge in [-0.3, -0.25) is 14.4 Å². The molecule has 182 valence electrons. The summed E-state index contributed by atoms with van der Waals surface area (Å²) >= 11 is 1.51. The van der Waals surface area contributed by atoms with Gasteiger partial charge in [-0.15, -0.1) is 11.8 Å². The molecule has 3 aromatic carbocycles. The maximum atomic E-state index is 14.1. The van der Waals surface area contributed by atoms with Crippen molar-refractivity contribution in [3.63, 3.8) is 0 Å². The van der Waals surface area contributed by atoms with Gasteiger partial charge in [0, 0.05) is 29.9 Å². The minimum atomic E-state index is -0.904. The van der Waals surface area contributed by atoms with Crippen molar-refractivity contribution in [2.24, 2.45) is 0 Å². The Labute approximate surface area is 213 Å². The van der Waals surface area contributed by atoms with E-state index in [-0.39, 0.29) is 24.3 Å². The van der Waals surface area contributed by atoms with Gasteiger partial charge in [-0.1, -0.05) is 60.7 Å². The normalized spacial score (nSPS) is 17.4. The van der Waals surface area contributed by atoms with E-state index in [1.54, 1.807) is 20.2 Å². The number of aromatic nitrogens is 1. The van der Waals surface area contributed by atoms with Gasteiger partial charge in [-0.2, -0.15) is 0 Å². The zero-order valence-corrected chi connectivity index (χ0v) is 20.8. The van der Waals surface area contributed by atoms with Crippen LogP contribution in [-0.4, -0.2) is 54.3 Å². The third kappa shape index (κ3) is 4.59. The number of rotatable bonds is 5. The molecule has 0 unspecified atom stereocenters. The third-order valence-electron chi connectivity index (χ3n) is 6.23. The molecule has 2 N–H and O–H groups in total. The van der Waals surface area contributed by atoms with Crippen molar-refractivity contribution < 1.29 is 14.4 Å². The molecule has 7 nitrogen and oxygen atoms in total. The van der Waals surface area contributed by atoms with Crippen molar-refractivity contribution in [2.45, 2.75) is 16.2 Å². The van der Waals surface area contributed by atoms with E-state index in [9.17, 15) is 14.4 Å². The van der Waals surface area contributed by atoms with Gasteiger partial charge in [0.15, 0.2) is 0 Å². The molecule has 36 heavy (non-hydrogen) atoms. The standard InChI is InChI=1S/C28H26N4O3S/c1-31(2)24(33)17-32-22-14-8-9-15-23(22)36-26(18-10-4-3-5-11-18)25(28(32)35)30-27(34)21-16-19-12-6-7-13-20(19)29-21/h3-16,25-26,29H,17H2,1-2H3,(H,30,34)/t25-,26+/m0/s1. The number of nitrogens with one attached hydrogen (secondary N) is 2. The average molecular weight is 499 g/mol. The highest BCUT2D eigenvalue weighted by molar-refractivity contribution is 7.99. The van der Waals surface area contributed by atoms with E-state index in [0.717, 1.165) is 21.4 Å². The number of benzene rings is 3. The predicted octanol–water partition coefficient (Wildman–Crippen LogP) is 4.23. The SMILES string of the molecule is CN(C)C(=O)CN1C(=O)[C@@H](NC(=O)c2cc3ccccc3[nH]2)[C@@H](c2ccccc2)Sc2ccccc21. The van der Waals surface area contributed by atoms with Crippen LogP contribution in [0.5, 0.6) is 0 Å². The first-order chi connectivity index (χ1) is 17.4. The maximum absolute atomic E-state index is 14.1. The molecular weight excluding hydrogens is 472 g/mol. The van der Waals surface area contributed by atoms with Gasteiger partial charge in [-0.25, -0.2) is 0 Å². The molecule has 1 aromatic heterocycles. The minimum Gasteiger partial charge on any atom is -0.351 e. The molecule has 0 radical (unpaired) electrons. The molecule has 0 bridgehead atoms. The average Bonchev–Trinajstić information content (AvgIpc) is 3.30. The van der Waals surface area contributed by atoms with E-state index in [1.807, 2.05) is 78.9 Å². The summed E-state index contributed by atoms with van der Waals surface area (Å²) in [7, 11) is 3.32. The van der Waals surface area contributed by atoms with Crippen LogP contribution in [0.1, 0.15) is 21.3 Å². The maximum Gasteiger partial charge on any atom is 0.268 e. The number of aromatic amines is 1. The quantitative estimate of drug-likeness (QED) is 0.431. The summed E-state index contributed by atoms with van der Waals surface area (Å²) in [6, 6.07) is 25.7. The molecular formula is C28H26N4O3S. The molecule has 2 heterocycles. The molecule has 3 amide bonds. The molecule has 5 rings (SSSR count). The van der Waals surface area contributed by atoms with Crippen LogP contribution >= 0.6 is 11.8 Å². The summed E-state index contributed by atoms with van der Waals surface area (Å²) in [5.74, 6) is -0.918. The van der Waals surface area contributed by atoms with Crippen molar-refractivity contribution in [2.75, 3.05) is 25.5 Å². The highest BCUT2D eigenvalue weighted by Gasteiger charge is 2.40. The van der Waals surface area contributed by atoms with E-state index in [0.29, 0.717) is 11.4 Å². The Kier molecular flexibility index (Phi) is 6.52. The summed E-state index contributed by atoms with van der Waals surface area (Å²) in [5.41, 5.74) is 2.78. The largest absolute Gasteiger partial charge is 0.351 e. The van der Waals surface area contributed by atoms with Gasteiger partial charge in [0.1, 0.15) is 18.3 Å². The van der Waals surface area contributed by atoms with E-state index >= 15 is 0 Å². The lowest BCUT2D eigenvalue weighted by molar-refractivity contribution is -0.129. The zero-order valence-electron chi connectivity index (χ0n) is 20.0. The molecule has 0 saturated heterocycles. The Morgan fingerprint density at radius 3 is 2.42 bits per heavy atom. The second-order valence-electron chi connectivity index (χ2n) is 8.85. The molecule has 0 spiro atoms. The van der Waals surface area contributed by atoms with Crippen LogP contribution in [0.4, 0.5) is 5.69 Å². The second-order valence-corrected chi connectivity index (χ2v) is 10.0. The van der Waals surface area contributed by atoms with Crippen LogP contribution in [0.3, 0.4) is 0 Å². The summed E-state index contributed by atoms with van der Waals surface area (Å²) in [4.78, 5) is 47.2. The zero-order chi connectivity index (χ0) is 25.2. The molecule has 0 saturated carbocycles. The van der Waals surface area contributed by atoms with Crippen LogP contribution < -0.4 is 10.2 Å². The van der Waals surface area contributed by atoms with E-state index in [1.165, 1.54) is 21.6 Å². The Hall–Kier alpha value is -4.04. The molecule has 8 heteroatoms. The molecule has 0 fully saturated rings. The first-order valence-corrected chi connectivity index (χ1v) is 12.5. The summed E-state index contributed by atoms with van der Waals surface area (Å²) in [6.07, 6.45) is 0. The molecule has 1 aliphatic heterocycles.